The van der Waals surface area contributed by atoms with E-state index in [0.717, 1.165) is 76.9 Å². The maximum atomic E-state index is 6.03. The van der Waals surface area contributed by atoms with Crippen LogP contribution >= 0.6 is 11.6 Å². The summed E-state index contributed by atoms with van der Waals surface area (Å²) in [5.74, 6) is 0. The predicted octanol–water partition coefficient (Wildman–Crippen LogP) is 3.49. The van der Waals surface area contributed by atoms with Crippen molar-refractivity contribution in [1.29, 1.82) is 0 Å². The first-order chi connectivity index (χ1) is 16.7. The molecule has 0 radical (unpaired) electrons. The zero-order valence-electron chi connectivity index (χ0n) is 19.8. The fraction of sp³-hybridized carbons (Fsp3) is 0.393. The van der Waals surface area contributed by atoms with Gasteiger partial charge in [-0.2, -0.15) is 5.10 Å². The van der Waals surface area contributed by atoms with Gasteiger partial charge in [0, 0.05) is 29.4 Å². The van der Waals surface area contributed by atoms with Crippen molar-refractivity contribution in [3.63, 3.8) is 0 Å². The minimum Gasteiger partial charge on any atom is -0.378 e. The number of quaternary nitrogens is 1. The van der Waals surface area contributed by atoms with Crippen LogP contribution in [0.15, 0.2) is 76.5 Å². The van der Waals surface area contributed by atoms with Gasteiger partial charge >= 0.3 is 0 Å². The van der Waals surface area contributed by atoms with Gasteiger partial charge in [-0.05, 0) is 47.8 Å². The van der Waals surface area contributed by atoms with E-state index in [2.05, 4.69) is 64.7 Å². The zero-order valence-corrected chi connectivity index (χ0v) is 20.5. The molecule has 2 aromatic carbocycles. The average molecular weight is 478 g/mol. The van der Waals surface area contributed by atoms with Crippen LogP contribution in [0.3, 0.4) is 0 Å². The maximum Gasteiger partial charge on any atom is 0.103 e. The molecule has 3 aliphatic rings. The Bertz CT molecular complexity index is 1030. The standard InChI is InChI=1S/C28H33ClN4O/c29-27-10-6-24(7-11-27)22-31-12-14-33(15-13-31)30-21-26-9-8-25(20-23-4-2-1-3-5-23)28(26)32-16-18-34-19-17-32/h1-7,10-11,20-21H,8-9,12-19,22H2/p+1. The van der Waals surface area contributed by atoms with E-state index in [-0.39, 0.29) is 0 Å². The van der Waals surface area contributed by atoms with Crippen molar-refractivity contribution >= 4 is 23.9 Å². The van der Waals surface area contributed by atoms with Crippen molar-refractivity contribution < 1.29 is 9.64 Å². The Morgan fingerprint density at radius 3 is 2.38 bits per heavy atom. The number of nitrogens with zero attached hydrogens (tertiary/aromatic N) is 3. The molecule has 5 nitrogen and oxygen atoms in total. The molecule has 0 atom stereocenters. The number of hydrazone groups is 1. The Morgan fingerprint density at radius 1 is 0.912 bits per heavy atom. The molecule has 5 rings (SSSR count). The highest BCUT2D eigenvalue weighted by atomic mass is 35.5. The van der Waals surface area contributed by atoms with E-state index < -0.39 is 0 Å². The van der Waals surface area contributed by atoms with Crippen LogP contribution in [0, 0.1) is 0 Å². The van der Waals surface area contributed by atoms with Gasteiger partial charge in [0.2, 0.25) is 0 Å². The van der Waals surface area contributed by atoms with Crippen molar-refractivity contribution in [3.8, 4) is 0 Å². The molecule has 0 spiro atoms. The van der Waals surface area contributed by atoms with E-state index in [1.165, 1.54) is 28.0 Å². The largest absolute Gasteiger partial charge is 0.378 e. The van der Waals surface area contributed by atoms with E-state index in [1.807, 2.05) is 12.1 Å². The molecular formula is C28H34ClN4O+. The van der Waals surface area contributed by atoms with Crippen LogP contribution in [0.5, 0.6) is 0 Å². The lowest BCUT2D eigenvalue weighted by atomic mass is 10.1. The highest BCUT2D eigenvalue weighted by Gasteiger charge is 2.26. The van der Waals surface area contributed by atoms with Gasteiger partial charge in [0.15, 0.2) is 0 Å². The summed E-state index contributed by atoms with van der Waals surface area (Å²) in [5, 5.41) is 7.99. The third-order valence-corrected chi connectivity index (χ3v) is 7.18. The number of hydrogen-bond acceptors (Lipinski definition) is 4. The quantitative estimate of drug-likeness (QED) is 0.646. The molecule has 2 aromatic rings. The number of nitrogens with one attached hydrogen (secondary N) is 1. The molecule has 0 saturated carbocycles. The van der Waals surface area contributed by atoms with Crippen LogP contribution in [0.25, 0.3) is 6.08 Å². The number of ether oxygens (including phenoxy) is 1. The SMILES string of the molecule is Clc1ccc(C[NH+]2CCN(N=CC3=C(N4CCOCC4)C(=Cc4ccccc4)CC3)CC2)cc1. The monoisotopic (exact) mass is 477 g/mol. The first kappa shape index (κ1) is 23.2. The normalized spacial score (nSPS) is 21.3. The Morgan fingerprint density at radius 2 is 1.65 bits per heavy atom. The van der Waals surface area contributed by atoms with E-state index in [1.54, 1.807) is 4.90 Å². The minimum atomic E-state index is 0.797. The molecule has 0 aromatic heterocycles. The van der Waals surface area contributed by atoms with Gasteiger partial charge in [-0.1, -0.05) is 54.1 Å². The molecule has 2 saturated heterocycles. The third kappa shape index (κ3) is 5.90. The molecule has 2 heterocycles. The minimum absolute atomic E-state index is 0.797. The van der Waals surface area contributed by atoms with E-state index in [9.17, 15) is 0 Å². The number of morpholine rings is 1. The Labute approximate surface area is 207 Å². The Balaban J connectivity index is 1.26. The van der Waals surface area contributed by atoms with Crippen molar-refractivity contribution in [3.05, 3.63) is 87.6 Å². The summed E-state index contributed by atoms with van der Waals surface area (Å²) in [4.78, 5) is 4.11. The van der Waals surface area contributed by atoms with Crippen molar-refractivity contribution in [2.75, 3.05) is 52.5 Å². The van der Waals surface area contributed by atoms with Gasteiger partial charge in [-0.25, -0.2) is 0 Å². The number of hydrogen-bond donors (Lipinski definition) is 1. The molecule has 6 heteroatoms. The zero-order chi connectivity index (χ0) is 23.2. The molecule has 2 aliphatic heterocycles. The maximum absolute atomic E-state index is 6.03. The van der Waals surface area contributed by atoms with Crippen LogP contribution in [-0.2, 0) is 11.3 Å². The molecule has 0 amide bonds. The first-order valence-electron chi connectivity index (χ1n) is 12.4. The van der Waals surface area contributed by atoms with Crippen molar-refractivity contribution in [2.45, 2.75) is 19.4 Å². The molecule has 0 bridgehead atoms. The number of halogens is 1. The molecular weight excluding hydrogens is 444 g/mol. The number of benzene rings is 2. The number of allylic oxidation sites excluding steroid dienone is 2. The van der Waals surface area contributed by atoms with Crippen molar-refractivity contribution in [2.24, 2.45) is 5.10 Å². The summed E-state index contributed by atoms with van der Waals surface area (Å²) in [6.45, 7) is 8.74. The molecule has 0 unspecified atom stereocenters. The van der Waals surface area contributed by atoms with Crippen LogP contribution in [0.2, 0.25) is 5.02 Å². The van der Waals surface area contributed by atoms with Crippen LogP contribution in [0.1, 0.15) is 24.0 Å². The summed E-state index contributed by atoms with van der Waals surface area (Å²) in [6, 6.07) is 18.9. The van der Waals surface area contributed by atoms with Gasteiger partial charge in [0.25, 0.3) is 0 Å². The Hall–Kier alpha value is -2.60. The highest BCUT2D eigenvalue weighted by molar-refractivity contribution is 6.30. The number of rotatable bonds is 6. The fourth-order valence-corrected chi connectivity index (χ4v) is 5.19. The van der Waals surface area contributed by atoms with Gasteiger partial charge < -0.3 is 14.5 Å². The number of piperazine rings is 1. The van der Waals surface area contributed by atoms with E-state index >= 15 is 0 Å². The molecule has 34 heavy (non-hydrogen) atoms. The van der Waals surface area contributed by atoms with Crippen LogP contribution in [0.4, 0.5) is 0 Å². The first-order valence-corrected chi connectivity index (χ1v) is 12.8. The van der Waals surface area contributed by atoms with Crippen LogP contribution < -0.4 is 4.90 Å². The van der Waals surface area contributed by atoms with Gasteiger partial charge in [0.05, 0.1) is 45.6 Å². The smallest absolute Gasteiger partial charge is 0.103 e. The van der Waals surface area contributed by atoms with Crippen molar-refractivity contribution in [1.82, 2.24) is 9.91 Å². The molecule has 1 N–H and O–H groups in total. The molecule has 1 aliphatic carbocycles. The highest BCUT2D eigenvalue weighted by Crippen LogP contribution is 2.35. The predicted molar refractivity (Wildman–Crippen MR) is 139 cm³/mol. The molecule has 2 fully saturated rings. The van der Waals surface area contributed by atoms with E-state index in [0.29, 0.717) is 0 Å². The van der Waals surface area contributed by atoms with E-state index in [4.69, 9.17) is 21.4 Å². The van der Waals surface area contributed by atoms with Gasteiger partial charge in [0.1, 0.15) is 6.54 Å². The lowest BCUT2D eigenvalue weighted by Gasteiger charge is -2.32. The van der Waals surface area contributed by atoms with Crippen LogP contribution in [-0.4, -0.2) is 68.6 Å². The fourth-order valence-electron chi connectivity index (χ4n) is 5.07. The molecule has 178 valence electrons. The lowest BCUT2D eigenvalue weighted by molar-refractivity contribution is -0.918. The second-order valence-electron chi connectivity index (χ2n) is 9.31. The summed E-state index contributed by atoms with van der Waals surface area (Å²) >= 11 is 6.03. The summed E-state index contributed by atoms with van der Waals surface area (Å²) in [6.07, 6.45) is 6.62. The average Bonchev–Trinajstić information content (AvgIpc) is 3.28. The summed E-state index contributed by atoms with van der Waals surface area (Å²) in [7, 11) is 0. The second kappa shape index (κ2) is 11.2. The topological polar surface area (TPSA) is 32.5 Å². The third-order valence-electron chi connectivity index (χ3n) is 6.93. The second-order valence-corrected chi connectivity index (χ2v) is 9.74. The summed E-state index contributed by atoms with van der Waals surface area (Å²) in [5.41, 5.74) is 6.77. The Kier molecular flexibility index (Phi) is 7.64. The van der Waals surface area contributed by atoms with Gasteiger partial charge in [-0.15, -0.1) is 0 Å². The summed E-state index contributed by atoms with van der Waals surface area (Å²) < 4.78 is 5.63. The lowest BCUT2D eigenvalue weighted by Crippen LogP contribution is -3.13. The van der Waals surface area contributed by atoms with Gasteiger partial charge in [-0.3, -0.25) is 5.01 Å².